The zero-order chi connectivity index (χ0) is 33.0. The third kappa shape index (κ3) is 10.7. The van der Waals surface area contributed by atoms with Gasteiger partial charge in [0.15, 0.2) is 0 Å². The second-order valence-corrected chi connectivity index (χ2v) is 13.4. The topological polar surface area (TPSA) is 108 Å². The van der Waals surface area contributed by atoms with E-state index in [-0.39, 0.29) is 12.3 Å². The SMILES string of the molecule is CCCCCCCN(C(=O)C(CCSC)NC(=O)OC(C)(C)C)C(C(=O)Nc1ccc2ccccc2c1)c1cccc(C)c1O. The molecule has 0 saturated carbocycles. The Kier molecular flexibility index (Phi) is 13.6. The van der Waals surface area contributed by atoms with Crippen LogP contribution in [0.4, 0.5) is 10.5 Å². The molecule has 0 aliphatic rings. The molecule has 0 saturated heterocycles. The Labute approximate surface area is 272 Å². The van der Waals surface area contributed by atoms with E-state index in [1.807, 2.05) is 48.7 Å². The number of anilines is 1. The van der Waals surface area contributed by atoms with Crippen molar-refractivity contribution in [2.45, 2.75) is 90.8 Å². The monoisotopic (exact) mass is 635 g/mol. The van der Waals surface area contributed by atoms with Gasteiger partial charge in [-0.15, -0.1) is 0 Å². The molecule has 3 aromatic rings. The molecule has 2 unspecified atom stereocenters. The molecular formula is C36H49N3O5S. The van der Waals surface area contributed by atoms with Crippen LogP contribution in [0.2, 0.25) is 0 Å². The van der Waals surface area contributed by atoms with Crippen molar-refractivity contribution in [2.75, 3.05) is 23.9 Å². The molecule has 0 aliphatic heterocycles. The lowest BCUT2D eigenvalue weighted by molar-refractivity contribution is -0.141. The van der Waals surface area contributed by atoms with E-state index in [9.17, 15) is 19.5 Å². The van der Waals surface area contributed by atoms with E-state index in [4.69, 9.17) is 4.74 Å². The Hall–Kier alpha value is -3.72. The highest BCUT2D eigenvalue weighted by atomic mass is 32.2. The highest BCUT2D eigenvalue weighted by Crippen LogP contribution is 2.34. The van der Waals surface area contributed by atoms with Crippen molar-refractivity contribution < 1.29 is 24.2 Å². The predicted molar refractivity (Wildman–Crippen MR) is 185 cm³/mol. The minimum Gasteiger partial charge on any atom is -0.507 e. The first kappa shape index (κ1) is 35.8. The molecule has 0 heterocycles. The number of thioether (sulfide) groups is 1. The van der Waals surface area contributed by atoms with Gasteiger partial charge in [0.2, 0.25) is 5.91 Å². The van der Waals surface area contributed by atoms with Crippen LogP contribution >= 0.6 is 11.8 Å². The lowest BCUT2D eigenvalue weighted by Gasteiger charge is -2.35. The molecule has 0 aliphatic carbocycles. The molecule has 3 rings (SSSR count). The summed E-state index contributed by atoms with van der Waals surface area (Å²) >= 11 is 1.56. The number of carbonyl (C=O) groups excluding carboxylic acids is 3. The van der Waals surface area contributed by atoms with Gasteiger partial charge in [-0.2, -0.15) is 11.8 Å². The maximum atomic E-state index is 14.5. The second-order valence-electron chi connectivity index (χ2n) is 12.4. The van der Waals surface area contributed by atoms with Gasteiger partial charge in [0.05, 0.1) is 0 Å². The lowest BCUT2D eigenvalue weighted by Crippen LogP contribution is -2.52. The van der Waals surface area contributed by atoms with Crippen molar-refractivity contribution in [3.05, 3.63) is 71.8 Å². The molecule has 3 aromatic carbocycles. The lowest BCUT2D eigenvalue weighted by atomic mass is 9.98. The van der Waals surface area contributed by atoms with Gasteiger partial charge in [0.1, 0.15) is 23.4 Å². The third-order valence-corrected chi connectivity index (χ3v) is 8.17. The fourth-order valence-electron chi connectivity index (χ4n) is 5.23. The fourth-order valence-corrected chi connectivity index (χ4v) is 5.70. The first-order valence-corrected chi connectivity index (χ1v) is 17.2. The minimum absolute atomic E-state index is 0.0410. The first-order chi connectivity index (χ1) is 21.4. The number of aryl methyl sites for hydroxylation is 1. The number of hydrogen-bond acceptors (Lipinski definition) is 6. The minimum atomic E-state index is -1.15. The van der Waals surface area contributed by atoms with E-state index in [1.54, 1.807) is 57.7 Å². The average molecular weight is 636 g/mol. The number of rotatable bonds is 15. The van der Waals surface area contributed by atoms with Crippen LogP contribution in [0, 0.1) is 6.92 Å². The Bertz CT molecular complexity index is 1440. The van der Waals surface area contributed by atoms with E-state index >= 15 is 0 Å². The van der Waals surface area contributed by atoms with Crippen LogP contribution in [-0.4, -0.2) is 58.1 Å². The number of nitrogens with one attached hydrogen (secondary N) is 2. The number of ether oxygens (including phenoxy) is 1. The highest BCUT2D eigenvalue weighted by molar-refractivity contribution is 7.98. The molecule has 45 heavy (non-hydrogen) atoms. The van der Waals surface area contributed by atoms with Gasteiger partial charge in [-0.25, -0.2) is 4.79 Å². The van der Waals surface area contributed by atoms with Gasteiger partial charge in [-0.3, -0.25) is 9.59 Å². The van der Waals surface area contributed by atoms with Crippen molar-refractivity contribution in [2.24, 2.45) is 0 Å². The zero-order valence-electron chi connectivity index (χ0n) is 27.5. The number of hydrogen-bond donors (Lipinski definition) is 3. The molecule has 2 atom stereocenters. The predicted octanol–water partition coefficient (Wildman–Crippen LogP) is 7.98. The van der Waals surface area contributed by atoms with Crippen LogP contribution in [0.5, 0.6) is 5.75 Å². The van der Waals surface area contributed by atoms with Gasteiger partial charge in [-0.1, -0.05) is 81.1 Å². The van der Waals surface area contributed by atoms with Gasteiger partial charge in [0.25, 0.3) is 5.91 Å². The molecular weight excluding hydrogens is 586 g/mol. The van der Waals surface area contributed by atoms with Crippen LogP contribution in [0.15, 0.2) is 60.7 Å². The normalized spacial score (nSPS) is 12.8. The van der Waals surface area contributed by atoms with Crippen molar-refractivity contribution in [1.29, 1.82) is 0 Å². The van der Waals surface area contributed by atoms with Gasteiger partial charge in [0, 0.05) is 17.8 Å². The summed E-state index contributed by atoms with van der Waals surface area (Å²) in [6.45, 7) is 9.48. The molecule has 244 valence electrons. The number of para-hydroxylation sites is 1. The summed E-state index contributed by atoms with van der Waals surface area (Å²) < 4.78 is 5.50. The fraction of sp³-hybridized carbons (Fsp3) is 0.472. The molecule has 8 nitrogen and oxygen atoms in total. The maximum Gasteiger partial charge on any atom is 0.408 e. The molecule has 3 amide bonds. The van der Waals surface area contributed by atoms with Crippen molar-refractivity contribution in [3.63, 3.8) is 0 Å². The van der Waals surface area contributed by atoms with Crippen LogP contribution < -0.4 is 10.6 Å². The van der Waals surface area contributed by atoms with E-state index in [0.29, 0.717) is 35.4 Å². The molecule has 9 heteroatoms. The van der Waals surface area contributed by atoms with Crippen molar-refractivity contribution in [1.82, 2.24) is 10.2 Å². The Balaban J connectivity index is 2.06. The summed E-state index contributed by atoms with van der Waals surface area (Å²) in [6.07, 6.45) is 6.30. The molecule has 0 radical (unpaired) electrons. The summed E-state index contributed by atoms with van der Waals surface area (Å²) in [5, 5.41) is 19.0. The Morgan fingerprint density at radius 1 is 0.956 bits per heavy atom. The first-order valence-electron chi connectivity index (χ1n) is 15.8. The molecule has 0 spiro atoms. The van der Waals surface area contributed by atoms with Gasteiger partial charge in [-0.05, 0) is 81.0 Å². The largest absolute Gasteiger partial charge is 0.507 e. The molecule has 0 bridgehead atoms. The molecule has 0 aromatic heterocycles. The standard InChI is InChI=1S/C36H49N3O5S/c1-7-8-9-10-13-22-39(34(42)30(21-23-45-6)38-35(43)44-36(3,4)5)31(29-18-14-15-25(2)32(29)40)33(41)37-28-20-19-26-16-11-12-17-27(26)24-28/h11-12,14-20,24,30-31,40H,7-10,13,21-23H2,1-6H3,(H,37,41)(H,38,43). The molecule has 3 N–H and O–H groups in total. The number of unbranched alkanes of at least 4 members (excludes halogenated alkanes) is 4. The van der Waals surface area contributed by atoms with E-state index in [0.717, 1.165) is 36.5 Å². The number of amides is 3. The second kappa shape index (κ2) is 17.1. The average Bonchev–Trinajstić information content (AvgIpc) is 2.99. The highest BCUT2D eigenvalue weighted by Gasteiger charge is 2.37. The number of carbonyl (C=O) groups is 3. The maximum absolute atomic E-state index is 14.5. The van der Waals surface area contributed by atoms with Crippen molar-refractivity contribution >= 4 is 46.1 Å². The van der Waals surface area contributed by atoms with E-state index < -0.39 is 35.6 Å². The Morgan fingerprint density at radius 2 is 1.67 bits per heavy atom. The zero-order valence-corrected chi connectivity index (χ0v) is 28.3. The number of benzene rings is 3. The van der Waals surface area contributed by atoms with E-state index in [1.165, 1.54) is 4.90 Å². The van der Waals surface area contributed by atoms with Crippen LogP contribution in [0.25, 0.3) is 10.8 Å². The number of fused-ring (bicyclic) bond motifs is 1. The van der Waals surface area contributed by atoms with Crippen molar-refractivity contribution in [3.8, 4) is 5.75 Å². The number of alkyl carbamates (subject to hydrolysis) is 1. The summed E-state index contributed by atoms with van der Waals surface area (Å²) in [6, 6.07) is 16.7. The van der Waals surface area contributed by atoms with Crippen LogP contribution in [-0.2, 0) is 14.3 Å². The summed E-state index contributed by atoms with van der Waals surface area (Å²) in [4.78, 5) is 43.2. The number of phenolic OH excluding ortho intramolecular Hbond substituents is 1. The Morgan fingerprint density at radius 3 is 2.36 bits per heavy atom. The number of nitrogens with zero attached hydrogens (tertiary/aromatic N) is 1. The smallest absolute Gasteiger partial charge is 0.408 e. The third-order valence-electron chi connectivity index (χ3n) is 7.53. The summed E-state index contributed by atoms with van der Waals surface area (Å²) in [5.41, 5.74) is 0.761. The molecule has 0 fully saturated rings. The summed E-state index contributed by atoms with van der Waals surface area (Å²) in [5.74, 6) is -0.278. The van der Waals surface area contributed by atoms with E-state index in [2.05, 4.69) is 17.6 Å². The van der Waals surface area contributed by atoms with Gasteiger partial charge >= 0.3 is 6.09 Å². The van der Waals surface area contributed by atoms with Crippen LogP contribution in [0.1, 0.15) is 83.4 Å². The number of phenols is 1. The quantitative estimate of drug-likeness (QED) is 0.146. The summed E-state index contributed by atoms with van der Waals surface area (Å²) in [7, 11) is 0. The van der Waals surface area contributed by atoms with Crippen LogP contribution in [0.3, 0.4) is 0 Å². The number of aromatic hydroxyl groups is 1. The van der Waals surface area contributed by atoms with Gasteiger partial charge < -0.3 is 25.4 Å².